The van der Waals surface area contributed by atoms with E-state index in [4.69, 9.17) is 4.74 Å². The lowest BCUT2D eigenvalue weighted by atomic mass is 9.89. The van der Waals surface area contributed by atoms with Crippen LogP contribution in [0, 0.1) is 23.3 Å². The molecule has 0 amide bonds. The van der Waals surface area contributed by atoms with Gasteiger partial charge in [0.25, 0.3) is 0 Å². The van der Waals surface area contributed by atoms with Crippen LogP contribution < -0.4 is 10.1 Å². The molecular weight excluding hydrogens is 482 g/mol. The zero-order chi connectivity index (χ0) is 25.9. The maximum Gasteiger partial charge on any atom is 0.198 e. The first-order chi connectivity index (χ1) is 17.9. The molecule has 5 rings (SSSR count). The molecule has 0 bridgehead atoms. The van der Waals surface area contributed by atoms with E-state index in [2.05, 4.69) is 5.32 Å². The van der Waals surface area contributed by atoms with Gasteiger partial charge < -0.3 is 15.2 Å². The molecule has 0 saturated carbocycles. The molecule has 0 aliphatic carbocycles. The lowest BCUT2D eigenvalue weighted by Gasteiger charge is -2.23. The number of halogens is 4. The molecule has 1 unspecified atom stereocenters. The van der Waals surface area contributed by atoms with E-state index in [1.165, 1.54) is 25.0 Å². The van der Waals surface area contributed by atoms with Gasteiger partial charge in [-0.2, -0.15) is 0 Å². The van der Waals surface area contributed by atoms with Gasteiger partial charge in [-0.3, -0.25) is 0 Å². The summed E-state index contributed by atoms with van der Waals surface area (Å²) in [5.74, 6) is -5.82. The topological polar surface area (TPSA) is 41.5 Å². The Morgan fingerprint density at radius 2 is 1.65 bits per heavy atom. The summed E-state index contributed by atoms with van der Waals surface area (Å²) in [6, 6.07) is 16.5. The highest BCUT2D eigenvalue weighted by atomic mass is 19.2. The number of phenols is 1. The molecule has 37 heavy (non-hydrogen) atoms. The van der Waals surface area contributed by atoms with Crippen molar-refractivity contribution < 1.29 is 27.4 Å². The summed E-state index contributed by atoms with van der Waals surface area (Å²) in [5.41, 5.74) is 1.34. The zero-order valence-electron chi connectivity index (χ0n) is 20.2. The number of hydrogen-bond donors (Lipinski definition) is 2. The van der Waals surface area contributed by atoms with Gasteiger partial charge in [-0.25, -0.2) is 17.6 Å². The zero-order valence-corrected chi connectivity index (χ0v) is 20.2. The van der Waals surface area contributed by atoms with E-state index < -0.39 is 23.3 Å². The Balaban J connectivity index is 1.44. The van der Waals surface area contributed by atoms with Crippen molar-refractivity contribution in [2.45, 2.75) is 38.1 Å². The summed E-state index contributed by atoms with van der Waals surface area (Å²) in [6.07, 6.45) is 4.86. The van der Waals surface area contributed by atoms with Gasteiger partial charge in [0, 0.05) is 11.6 Å². The monoisotopic (exact) mass is 509 g/mol. The maximum absolute atomic E-state index is 14.8. The molecule has 4 aromatic rings. The Labute approximate surface area is 212 Å². The van der Waals surface area contributed by atoms with Gasteiger partial charge in [0.05, 0.1) is 6.61 Å². The van der Waals surface area contributed by atoms with Gasteiger partial charge in [0.15, 0.2) is 23.3 Å². The van der Waals surface area contributed by atoms with E-state index >= 15 is 0 Å². The number of nitrogens with one attached hydrogen (secondary N) is 1. The van der Waals surface area contributed by atoms with Gasteiger partial charge in [-0.15, -0.1) is 0 Å². The number of fused-ring (bicyclic) bond motifs is 1. The van der Waals surface area contributed by atoms with Crippen LogP contribution in [0.2, 0.25) is 0 Å². The highest BCUT2D eigenvalue weighted by Crippen LogP contribution is 2.36. The van der Waals surface area contributed by atoms with Crippen LogP contribution in [0.5, 0.6) is 11.5 Å². The van der Waals surface area contributed by atoms with Gasteiger partial charge in [0.1, 0.15) is 11.5 Å². The fourth-order valence-electron chi connectivity index (χ4n) is 4.99. The van der Waals surface area contributed by atoms with Crippen LogP contribution in [0.25, 0.3) is 21.9 Å². The molecule has 0 aromatic heterocycles. The smallest absolute Gasteiger partial charge is 0.198 e. The van der Waals surface area contributed by atoms with E-state index in [1.807, 2.05) is 24.3 Å². The summed E-state index contributed by atoms with van der Waals surface area (Å²) in [7, 11) is 0. The molecule has 3 nitrogen and oxygen atoms in total. The largest absolute Gasteiger partial charge is 0.508 e. The van der Waals surface area contributed by atoms with Crippen LogP contribution in [0.15, 0.2) is 60.7 Å². The first-order valence-electron chi connectivity index (χ1n) is 12.4. The van der Waals surface area contributed by atoms with Crippen molar-refractivity contribution in [2.75, 3.05) is 13.2 Å². The third-order valence-electron chi connectivity index (χ3n) is 6.96. The molecule has 1 aliphatic heterocycles. The van der Waals surface area contributed by atoms with Crippen LogP contribution >= 0.6 is 0 Å². The van der Waals surface area contributed by atoms with Crippen molar-refractivity contribution in [2.24, 2.45) is 0 Å². The second-order valence-corrected chi connectivity index (χ2v) is 9.45. The fourth-order valence-corrected chi connectivity index (χ4v) is 4.99. The second kappa shape index (κ2) is 10.8. The molecule has 192 valence electrons. The number of ether oxygens (including phenoxy) is 1. The molecule has 0 spiro atoms. The number of aromatic hydroxyl groups is 1. The Hall–Kier alpha value is -3.58. The number of piperidine rings is 1. The number of rotatable bonds is 7. The minimum atomic E-state index is -1.85. The first-order valence-corrected chi connectivity index (χ1v) is 12.4. The molecular formula is C30H27F4NO2. The minimum Gasteiger partial charge on any atom is -0.508 e. The number of hydrogen-bond acceptors (Lipinski definition) is 3. The fraction of sp³-hybridized carbons (Fsp3) is 0.267. The van der Waals surface area contributed by atoms with Crippen molar-refractivity contribution in [3.8, 4) is 22.6 Å². The minimum absolute atomic E-state index is 0.0566. The summed E-state index contributed by atoms with van der Waals surface area (Å²) in [6.45, 7) is 1.66. The highest BCUT2D eigenvalue weighted by molar-refractivity contribution is 5.93. The predicted octanol–water partition coefficient (Wildman–Crippen LogP) is 7.27. The highest BCUT2D eigenvalue weighted by Gasteiger charge is 2.22. The molecule has 1 heterocycles. The van der Waals surface area contributed by atoms with Gasteiger partial charge >= 0.3 is 0 Å². The van der Waals surface area contributed by atoms with Crippen LogP contribution in [0.3, 0.4) is 0 Å². The summed E-state index contributed by atoms with van der Waals surface area (Å²) in [4.78, 5) is 0. The van der Waals surface area contributed by atoms with Crippen LogP contribution in [0.4, 0.5) is 17.6 Å². The average molecular weight is 510 g/mol. The van der Waals surface area contributed by atoms with Crippen molar-refractivity contribution in [3.63, 3.8) is 0 Å². The Kier molecular flexibility index (Phi) is 7.33. The molecule has 7 heteroatoms. The van der Waals surface area contributed by atoms with E-state index in [-0.39, 0.29) is 16.9 Å². The van der Waals surface area contributed by atoms with Gasteiger partial charge in [-0.1, -0.05) is 36.8 Å². The van der Waals surface area contributed by atoms with Crippen molar-refractivity contribution in [3.05, 3.63) is 95.1 Å². The molecule has 1 aliphatic rings. The number of phenolic OH excluding ortho intramolecular Hbond substituents is 1. The third-order valence-corrected chi connectivity index (χ3v) is 6.96. The normalized spacial score (nSPS) is 15.7. The van der Waals surface area contributed by atoms with Crippen LogP contribution in [-0.4, -0.2) is 24.3 Å². The average Bonchev–Trinajstić information content (AvgIpc) is 2.91. The quantitative estimate of drug-likeness (QED) is 0.156. The van der Waals surface area contributed by atoms with Gasteiger partial charge in [0.2, 0.25) is 0 Å². The molecule has 4 aromatic carbocycles. The van der Waals surface area contributed by atoms with Crippen molar-refractivity contribution in [1.82, 2.24) is 5.32 Å². The van der Waals surface area contributed by atoms with E-state index in [1.54, 1.807) is 18.2 Å². The van der Waals surface area contributed by atoms with Crippen molar-refractivity contribution >= 4 is 10.8 Å². The second-order valence-electron chi connectivity index (χ2n) is 9.45. The maximum atomic E-state index is 14.8. The first kappa shape index (κ1) is 25.1. The SMILES string of the molecule is Oc1ccc2c(Cc3ccc(OCCC4CCCCN4)cc3)c(-c3cc(F)c(F)c(F)c3F)ccc2c1. The van der Waals surface area contributed by atoms with E-state index in [0.29, 0.717) is 41.5 Å². The van der Waals surface area contributed by atoms with Gasteiger partial charge in [-0.05, 0) is 90.0 Å². The summed E-state index contributed by atoms with van der Waals surface area (Å²) >= 11 is 0. The van der Waals surface area contributed by atoms with E-state index in [0.717, 1.165) is 30.7 Å². The lowest BCUT2D eigenvalue weighted by molar-refractivity contribution is 0.268. The molecule has 0 radical (unpaired) electrons. The predicted molar refractivity (Wildman–Crippen MR) is 136 cm³/mol. The van der Waals surface area contributed by atoms with Crippen LogP contribution in [0.1, 0.15) is 36.8 Å². The summed E-state index contributed by atoms with van der Waals surface area (Å²) < 4.78 is 62.5. The molecule has 1 saturated heterocycles. The Morgan fingerprint density at radius 3 is 2.41 bits per heavy atom. The summed E-state index contributed by atoms with van der Waals surface area (Å²) in [5, 5.41) is 14.8. The number of benzene rings is 4. The van der Waals surface area contributed by atoms with Crippen LogP contribution in [-0.2, 0) is 6.42 Å². The molecule has 2 N–H and O–H groups in total. The third kappa shape index (κ3) is 5.42. The Bertz CT molecular complexity index is 1420. The molecule has 1 fully saturated rings. The Morgan fingerprint density at radius 1 is 0.838 bits per heavy atom. The standard InChI is InChI=1S/C30H27F4NO2/c31-27-17-26(28(32)30(34)29(27)33)24-10-6-19-16-21(36)7-11-23(19)25(24)15-18-4-8-22(9-5-18)37-14-12-20-3-1-2-13-35-20/h4-11,16-17,20,35-36H,1-3,12-15H2. The van der Waals surface area contributed by atoms with Crippen molar-refractivity contribution in [1.29, 1.82) is 0 Å². The molecule has 1 atom stereocenters. The lowest BCUT2D eigenvalue weighted by Crippen LogP contribution is -2.35. The van der Waals surface area contributed by atoms with E-state index in [9.17, 15) is 22.7 Å².